The molecular weight excluding hydrogens is 1330 g/mol. The average Bonchev–Trinajstić information content (AvgIpc) is 0.781. The van der Waals surface area contributed by atoms with Crippen molar-refractivity contribution in [2.24, 2.45) is 0 Å². The van der Waals surface area contributed by atoms with Crippen molar-refractivity contribution in [3.05, 3.63) is 48.6 Å². The second-order valence-corrected chi connectivity index (χ2v) is 31.0. The number of nitrogens with one attached hydrogen (secondary N) is 1. The van der Waals surface area contributed by atoms with Crippen LogP contribution in [0.25, 0.3) is 0 Å². The molecular formula is C86H159NO18. The summed E-state index contributed by atoms with van der Waals surface area (Å²) in [6, 6.07) is -0.973. The van der Waals surface area contributed by atoms with Gasteiger partial charge in [0, 0.05) is 6.42 Å². The maximum absolute atomic E-state index is 13.5. The van der Waals surface area contributed by atoms with Gasteiger partial charge in [0.15, 0.2) is 18.9 Å². The van der Waals surface area contributed by atoms with Crippen molar-refractivity contribution in [2.75, 3.05) is 26.4 Å². The van der Waals surface area contributed by atoms with Crippen LogP contribution in [0.4, 0.5) is 0 Å². The fourth-order valence-electron chi connectivity index (χ4n) is 14.7. The van der Waals surface area contributed by atoms with Gasteiger partial charge in [-0.3, -0.25) is 4.79 Å². The van der Waals surface area contributed by atoms with Crippen molar-refractivity contribution in [1.82, 2.24) is 5.32 Å². The van der Waals surface area contributed by atoms with Crippen molar-refractivity contribution in [3.8, 4) is 0 Å². The Balaban J connectivity index is 1.29. The topological polar surface area (TPSA) is 307 Å². The molecule has 0 bridgehead atoms. The van der Waals surface area contributed by atoms with Gasteiger partial charge in [0.05, 0.1) is 38.6 Å². The highest BCUT2D eigenvalue weighted by molar-refractivity contribution is 5.76. The largest absolute Gasteiger partial charge is 0.394 e. The average molecular weight is 1500 g/mol. The molecule has 105 heavy (non-hydrogen) atoms. The number of rotatable bonds is 70. The standard InChI is InChI=1S/C86H159NO18/c1-3-5-7-9-11-13-15-17-19-21-23-24-25-26-27-28-29-30-31-32-33-34-35-36-37-38-39-40-41-42-43-44-46-48-50-52-54-56-58-60-62-64-74(92)87-69(70(91)63-61-59-57-55-53-51-49-47-45-22-20-18-16-14-12-10-8-6-4-2)68-100-84-80(98)77(95)82(72(66-89)102-84)105-86-81(99)78(96)83(73(67-90)103-86)104-85-79(97)76(94)75(93)71(65-88)101-85/h15,17,21,23,25-26,61,63,69-73,75-86,88-91,93-99H,3-14,16,18-20,22,24,27-60,62,64-68H2,1-2H3,(H,87,92)/b17-15-,23-21-,26-25-,63-61+. The molecule has 3 heterocycles. The third-order valence-corrected chi connectivity index (χ3v) is 21.6. The minimum Gasteiger partial charge on any atom is -0.394 e. The number of hydrogen-bond donors (Lipinski definition) is 12. The van der Waals surface area contributed by atoms with Crippen LogP contribution in [0.15, 0.2) is 48.6 Å². The molecule has 616 valence electrons. The van der Waals surface area contributed by atoms with Gasteiger partial charge < -0.3 is 89.9 Å². The fraction of sp³-hybridized carbons (Fsp3) is 0.895. The van der Waals surface area contributed by atoms with Crippen LogP contribution in [0, 0.1) is 0 Å². The summed E-state index contributed by atoms with van der Waals surface area (Å²) in [7, 11) is 0. The van der Waals surface area contributed by atoms with Crippen molar-refractivity contribution in [3.63, 3.8) is 0 Å². The molecule has 0 aromatic carbocycles. The summed E-state index contributed by atoms with van der Waals surface area (Å²) in [5, 5.41) is 121. The van der Waals surface area contributed by atoms with E-state index in [9.17, 15) is 61.0 Å². The van der Waals surface area contributed by atoms with Crippen molar-refractivity contribution < 1.29 is 89.4 Å². The number of hydrogen-bond acceptors (Lipinski definition) is 18. The van der Waals surface area contributed by atoms with E-state index in [4.69, 9.17) is 28.4 Å². The van der Waals surface area contributed by atoms with E-state index >= 15 is 0 Å². The summed E-state index contributed by atoms with van der Waals surface area (Å²) in [5.41, 5.74) is 0. The third-order valence-electron chi connectivity index (χ3n) is 21.6. The highest BCUT2D eigenvalue weighted by Gasteiger charge is 2.54. The summed E-state index contributed by atoms with van der Waals surface area (Å²) < 4.78 is 34.5. The van der Waals surface area contributed by atoms with Crippen LogP contribution in [0.5, 0.6) is 0 Å². The monoisotopic (exact) mass is 1490 g/mol. The van der Waals surface area contributed by atoms with Crippen LogP contribution in [0.1, 0.15) is 361 Å². The maximum Gasteiger partial charge on any atom is 0.220 e. The van der Waals surface area contributed by atoms with Gasteiger partial charge in [0.1, 0.15) is 73.2 Å². The first-order valence-electron chi connectivity index (χ1n) is 43.4. The molecule has 0 radical (unpaired) electrons. The van der Waals surface area contributed by atoms with Gasteiger partial charge >= 0.3 is 0 Å². The molecule has 3 aliphatic heterocycles. The number of ether oxygens (including phenoxy) is 6. The van der Waals surface area contributed by atoms with E-state index in [1.165, 1.54) is 276 Å². The van der Waals surface area contributed by atoms with Crippen LogP contribution in [0.2, 0.25) is 0 Å². The van der Waals surface area contributed by atoms with Gasteiger partial charge in [-0.15, -0.1) is 0 Å². The smallest absolute Gasteiger partial charge is 0.220 e. The second kappa shape index (κ2) is 66.4. The number of aliphatic hydroxyl groups is 11. The summed E-state index contributed by atoms with van der Waals surface area (Å²) in [6.07, 6.45) is 58.4. The summed E-state index contributed by atoms with van der Waals surface area (Å²) in [6.45, 7) is 1.77. The number of aliphatic hydroxyl groups excluding tert-OH is 11. The highest BCUT2D eigenvalue weighted by Crippen LogP contribution is 2.33. The van der Waals surface area contributed by atoms with Crippen molar-refractivity contribution in [1.29, 1.82) is 0 Å². The molecule has 0 saturated carbocycles. The van der Waals surface area contributed by atoms with Gasteiger partial charge in [-0.05, 0) is 57.8 Å². The van der Waals surface area contributed by atoms with Crippen LogP contribution in [0.3, 0.4) is 0 Å². The Morgan fingerprint density at radius 2 is 0.629 bits per heavy atom. The normalized spacial score (nSPS) is 26.0. The molecule has 12 N–H and O–H groups in total. The Bertz CT molecular complexity index is 2080. The predicted octanol–water partition coefficient (Wildman–Crippen LogP) is 15.6. The van der Waals surface area contributed by atoms with Crippen LogP contribution in [-0.4, -0.2) is 193 Å². The van der Waals surface area contributed by atoms with Gasteiger partial charge in [0.2, 0.25) is 5.91 Å². The van der Waals surface area contributed by atoms with Crippen molar-refractivity contribution in [2.45, 2.75) is 465 Å². The molecule has 3 rings (SSSR count). The zero-order chi connectivity index (χ0) is 76.0. The Morgan fingerprint density at radius 1 is 0.343 bits per heavy atom. The predicted molar refractivity (Wildman–Crippen MR) is 420 cm³/mol. The van der Waals surface area contributed by atoms with Crippen molar-refractivity contribution >= 4 is 5.91 Å². The number of carbonyl (C=O) groups is 1. The molecule has 17 atom stereocenters. The van der Waals surface area contributed by atoms with E-state index in [1.807, 2.05) is 6.08 Å². The molecule has 3 fully saturated rings. The third kappa shape index (κ3) is 45.8. The molecule has 19 heteroatoms. The first kappa shape index (κ1) is 96.9. The van der Waals surface area contributed by atoms with Gasteiger partial charge in [-0.2, -0.15) is 0 Å². The number of allylic oxidation sites excluding steroid dienone is 7. The quantitative estimate of drug-likeness (QED) is 0.0199. The second-order valence-electron chi connectivity index (χ2n) is 31.0. The molecule has 19 nitrogen and oxygen atoms in total. The van der Waals surface area contributed by atoms with E-state index in [1.54, 1.807) is 6.08 Å². The van der Waals surface area contributed by atoms with Crippen LogP contribution >= 0.6 is 0 Å². The minimum absolute atomic E-state index is 0.247. The molecule has 0 aliphatic carbocycles. The SMILES string of the molecule is CCCCCCC/C=C\C/C=C\C/C=C\CCCCCCCCCCCCCCCCCCCCCCCCCCCCC(=O)NC(COC1OC(CO)C(OC2OC(CO)C(OC3OC(CO)C(O)C(O)C3O)C(O)C2O)C(O)C1O)C(O)/C=C/CCCCCCCCCCCCCCCCCCC. The van der Waals surface area contributed by atoms with Gasteiger partial charge in [-0.25, -0.2) is 0 Å². The number of unbranched alkanes of at least 4 members (excludes halogenated alkanes) is 48. The minimum atomic E-state index is -1.98. The first-order valence-corrected chi connectivity index (χ1v) is 43.4. The molecule has 3 saturated heterocycles. The summed E-state index contributed by atoms with van der Waals surface area (Å²) in [5.74, 6) is -0.268. The highest BCUT2D eigenvalue weighted by atomic mass is 16.8. The van der Waals surface area contributed by atoms with Crippen LogP contribution < -0.4 is 5.32 Å². The molecule has 0 aromatic heterocycles. The van der Waals surface area contributed by atoms with E-state index in [0.717, 1.165) is 57.8 Å². The zero-order valence-corrected chi connectivity index (χ0v) is 66.2. The van der Waals surface area contributed by atoms with E-state index < -0.39 is 124 Å². The van der Waals surface area contributed by atoms with E-state index in [0.29, 0.717) is 6.42 Å². The maximum atomic E-state index is 13.5. The first-order chi connectivity index (χ1) is 51.3. The Hall–Kier alpha value is -2.25. The zero-order valence-electron chi connectivity index (χ0n) is 66.2. The number of carbonyl (C=O) groups excluding carboxylic acids is 1. The van der Waals surface area contributed by atoms with Crippen LogP contribution in [-0.2, 0) is 33.2 Å². The van der Waals surface area contributed by atoms with Gasteiger partial charge in [-0.1, -0.05) is 345 Å². The molecule has 17 unspecified atom stereocenters. The lowest BCUT2D eigenvalue weighted by Gasteiger charge is -2.48. The Kier molecular flexibility index (Phi) is 61.3. The Morgan fingerprint density at radius 3 is 0.981 bits per heavy atom. The number of amides is 1. The van der Waals surface area contributed by atoms with Gasteiger partial charge in [0.25, 0.3) is 0 Å². The van der Waals surface area contributed by atoms with E-state index in [-0.39, 0.29) is 18.9 Å². The summed E-state index contributed by atoms with van der Waals surface area (Å²) in [4.78, 5) is 13.5. The lowest BCUT2D eigenvalue weighted by atomic mass is 9.96. The van der Waals surface area contributed by atoms with E-state index in [2.05, 4.69) is 55.6 Å². The summed E-state index contributed by atoms with van der Waals surface area (Å²) >= 11 is 0. The molecule has 0 aromatic rings. The Labute approximate surface area is 637 Å². The molecule has 3 aliphatic rings. The molecule has 1 amide bonds. The lowest BCUT2D eigenvalue weighted by molar-refractivity contribution is -0.379. The fourth-order valence-corrected chi connectivity index (χ4v) is 14.7. The molecule has 0 spiro atoms. The lowest BCUT2D eigenvalue weighted by Crippen LogP contribution is -2.66.